The van der Waals surface area contributed by atoms with E-state index in [0.717, 1.165) is 43.4 Å². The Morgan fingerprint density at radius 3 is 2.61 bits per heavy atom. The molecule has 0 bridgehead atoms. The standard InChI is InChI=1S/C22H38N4O2/c1-16(2)26(17(3)4)11-10-24-22(23-6)25-14-19-8-7-18(5)13-21(19)28-20-9-12-27-15-20/h7-8,13,16-17,20H,9-12,14-15H2,1-6H3,(H2,23,24,25). The summed E-state index contributed by atoms with van der Waals surface area (Å²) >= 11 is 0. The van der Waals surface area contributed by atoms with E-state index in [2.05, 4.69) is 73.3 Å². The summed E-state index contributed by atoms with van der Waals surface area (Å²) in [6.07, 6.45) is 1.10. The number of aliphatic imine (C=N–C) groups is 1. The van der Waals surface area contributed by atoms with E-state index in [0.29, 0.717) is 25.2 Å². The fraction of sp³-hybridized carbons (Fsp3) is 0.682. The molecule has 2 rings (SSSR count). The zero-order valence-corrected chi connectivity index (χ0v) is 18.4. The molecular formula is C22H38N4O2. The molecular weight excluding hydrogens is 352 g/mol. The molecule has 6 heteroatoms. The largest absolute Gasteiger partial charge is 0.488 e. The van der Waals surface area contributed by atoms with Crippen molar-refractivity contribution in [2.45, 2.75) is 65.8 Å². The SMILES string of the molecule is CN=C(NCCN(C(C)C)C(C)C)NCc1ccc(C)cc1OC1CCOC1. The van der Waals surface area contributed by atoms with Crippen LogP contribution in [0.1, 0.15) is 45.2 Å². The molecule has 0 saturated carbocycles. The van der Waals surface area contributed by atoms with Gasteiger partial charge in [0.25, 0.3) is 0 Å². The predicted octanol–water partition coefficient (Wildman–Crippen LogP) is 2.95. The number of nitrogens with zero attached hydrogens (tertiary/aromatic N) is 2. The number of ether oxygens (including phenoxy) is 2. The van der Waals surface area contributed by atoms with Gasteiger partial charge >= 0.3 is 0 Å². The Balaban J connectivity index is 1.88. The van der Waals surface area contributed by atoms with Crippen LogP contribution in [-0.2, 0) is 11.3 Å². The van der Waals surface area contributed by atoms with E-state index in [1.54, 1.807) is 7.05 Å². The number of guanidine groups is 1. The number of nitrogens with one attached hydrogen (secondary N) is 2. The van der Waals surface area contributed by atoms with Gasteiger partial charge < -0.3 is 20.1 Å². The first-order valence-electron chi connectivity index (χ1n) is 10.4. The molecule has 0 spiro atoms. The van der Waals surface area contributed by atoms with Gasteiger partial charge in [0.05, 0.1) is 13.2 Å². The molecule has 1 atom stereocenters. The lowest BCUT2D eigenvalue weighted by Crippen LogP contribution is -2.45. The van der Waals surface area contributed by atoms with Gasteiger partial charge in [0.2, 0.25) is 0 Å². The van der Waals surface area contributed by atoms with Crippen LogP contribution in [0.15, 0.2) is 23.2 Å². The second-order valence-corrected chi connectivity index (χ2v) is 7.99. The highest BCUT2D eigenvalue weighted by atomic mass is 16.5. The van der Waals surface area contributed by atoms with Gasteiger partial charge in [0.15, 0.2) is 5.96 Å². The van der Waals surface area contributed by atoms with Crippen LogP contribution < -0.4 is 15.4 Å². The Bertz CT molecular complexity index is 617. The molecule has 1 fully saturated rings. The van der Waals surface area contributed by atoms with Crippen molar-refractivity contribution in [3.63, 3.8) is 0 Å². The fourth-order valence-electron chi connectivity index (χ4n) is 3.52. The number of aryl methyl sites for hydroxylation is 1. The van der Waals surface area contributed by atoms with Gasteiger partial charge in [-0.2, -0.15) is 0 Å². The van der Waals surface area contributed by atoms with Crippen molar-refractivity contribution in [1.29, 1.82) is 0 Å². The lowest BCUT2D eigenvalue weighted by Gasteiger charge is -2.30. The molecule has 1 aliphatic heterocycles. The van der Waals surface area contributed by atoms with Gasteiger partial charge in [0.1, 0.15) is 11.9 Å². The molecule has 6 nitrogen and oxygen atoms in total. The van der Waals surface area contributed by atoms with E-state index in [-0.39, 0.29) is 6.10 Å². The van der Waals surface area contributed by atoms with Crippen molar-refractivity contribution in [1.82, 2.24) is 15.5 Å². The highest BCUT2D eigenvalue weighted by molar-refractivity contribution is 5.79. The minimum Gasteiger partial charge on any atom is -0.488 e. The number of rotatable bonds is 9. The lowest BCUT2D eigenvalue weighted by atomic mass is 10.1. The maximum atomic E-state index is 6.19. The molecule has 1 aliphatic rings. The van der Waals surface area contributed by atoms with E-state index in [9.17, 15) is 0 Å². The molecule has 0 amide bonds. The average Bonchev–Trinajstić information content (AvgIpc) is 3.15. The van der Waals surface area contributed by atoms with Crippen molar-refractivity contribution in [2.24, 2.45) is 4.99 Å². The molecule has 1 saturated heterocycles. The fourth-order valence-corrected chi connectivity index (χ4v) is 3.52. The molecule has 28 heavy (non-hydrogen) atoms. The minimum absolute atomic E-state index is 0.149. The summed E-state index contributed by atoms with van der Waals surface area (Å²) in [5.74, 6) is 1.74. The topological polar surface area (TPSA) is 58.1 Å². The van der Waals surface area contributed by atoms with Crippen LogP contribution >= 0.6 is 0 Å². The van der Waals surface area contributed by atoms with E-state index >= 15 is 0 Å². The van der Waals surface area contributed by atoms with E-state index in [1.165, 1.54) is 5.56 Å². The highest BCUT2D eigenvalue weighted by Gasteiger charge is 2.19. The van der Waals surface area contributed by atoms with Crippen LogP contribution in [0.2, 0.25) is 0 Å². The van der Waals surface area contributed by atoms with Crippen LogP contribution in [0, 0.1) is 6.92 Å². The number of hydrogen-bond donors (Lipinski definition) is 2. The van der Waals surface area contributed by atoms with E-state index in [1.807, 2.05) is 0 Å². The molecule has 1 aromatic carbocycles. The summed E-state index contributed by atoms with van der Waals surface area (Å²) in [6, 6.07) is 7.41. The zero-order valence-electron chi connectivity index (χ0n) is 18.4. The van der Waals surface area contributed by atoms with Gasteiger partial charge in [0, 0.05) is 50.7 Å². The summed E-state index contributed by atoms with van der Waals surface area (Å²) < 4.78 is 11.6. The van der Waals surface area contributed by atoms with Gasteiger partial charge in [-0.1, -0.05) is 12.1 Å². The zero-order chi connectivity index (χ0) is 20.5. The Hall–Kier alpha value is -1.79. The van der Waals surface area contributed by atoms with Gasteiger partial charge in [-0.05, 0) is 46.2 Å². The Kier molecular flexibility index (Phi) is 9.06. The van der Waals surface area contributed by atoms with Crippen molar-refractivity contribution in [3.8, 4) is 5.75 Å². The molecule has 2 N–H and O–H groups in total. The van der Waals surface area contributed by atoms with Gasteiger partial charge in [-0.15, -0.1) is 0 Å². The quantitative estimate of drug-likeness (QED) is 0.501. The molecule has 1 heterocycles. The lowest BCUT2D eigenvalue weighted by molar-refractivity contribution is 0.140. The normalized spacial score (nSPS) is 17.6. The number of benzene rings is 1. The average molecular weight is 391 g/mol. The predicted molar refractivity (Wildman–Crippen MR) is 116 cm³/mol. The van der Waals surface area contributed by atoms with Crippen LogP contribution in [-0.4, -0.2) is 62.4 Å². The third-order valence-corrected chi connectivity index (χ3v) is 5.06. The summed E-state index contributed by atoms with van der Waals surface area (Å²) in [6.45, 7) is 15.0. The summed E-state index contributed by atoms with van der Waals surface area (Å²) in [5, 5.41) is 6.83. The van der Waals surface area contributed by atoms with Crippen LogP contribution in [0.4, 0.5) is 0 Å². The maximum absolute atomic E-state index is 6.19. The Labute approximate surface area is 170 Å². The van der Waals surface area contributed by atoms with Gasteiger partial charge in [-0.25, -0.2) is 0 Å². The first kappa shape index (κ1) is 22.5. The Morgan fingerprint density at radius 2 is 2.00 bits per heavy atom. The minimum atomic E-state index is 0.149. The monoisotopic (exact) mass is 390 g/mol. The summed E-state index contributed by atoms with van der Waals surface area (Å²) in [4.78, 5) is 6.82. The van der Waals surface area contributed by atoms with Gasteiger partial charge in [-0.3, -0.25) is 9.89 Å². The van der Waals surface area contributed by atoms with E-state index < -0.39 is 0 Å². The summed E-state index contributed by atoms with van der Waals surface area (Å²) in [7, 11) is 1.81. The maximum Gasteiger partial charge on any atom is 0.191 e. The summed E-state index contributed by atoms with van der Waals surface area (Å²) in [5.41, 5.74) is 2.33. The van der Waals surface area contributed by atoms with Crippen LogP contribution in [0.3, 0.4) is 0 Å². The van der Waals surface area contributed by atoms with Crippen molar-refractivity contribution in [2.75, 3.05) is 33.4 Å². The number of hydrogen-bond acceptors (Lipinski definition) is 4. The highest BCUT2D eigenvalue weighted by Crippen LogP contribution is 2.23. The molecule has 1 unspecified atom stereocenters. The Morgan fingerprint density at radius 1 is 1.25 bits per heavy atom. The third kappa shape index (κ3) is 6.99. The molecule has 0 aliphatic carbocycles. The van der Waals surface area contributed by atoms with E-state index in [4.69, 9.17) is 9.47 Å². The van der Waals surface area contributed by atoms with Crippen molar-refractivity contribution < 1.29 is 9.47 Å². The van der Waals surface area contributed by atoms with Crippen molar-refractivity contribution >= 4 is 5.96 Å². The second kappa shape index (κ2) is 11.3. The molecule has 1 aromatic rings. The molecule has 158 valence electrons. The first-order chi connectivity index (χ1) is 13.4. The van der Waals surface area contributed by atoms with Crippen LogP contribution in [0.5, 0.6) is 5.75 Å². The first-order valence-corrected chi connectivity index (χ1v) is 10.4. The second-order valence-electron chi connectivity index (χ2n) is 7.99. The smallest absolute Gasteiger partial charge is 0.191 e. The van der Waals surface area contributed by atoms with Crippen LogP contribution in [0.25, 0.3) is 0 Å². The molecule has 0 aromatic heterocycles. The van der Waals surface area contributed by atoms with Crippen molar-refractivity contribution in [3.05, 3.63) is 29.3 Å². The third-order valence-electron chi connectivity index (χ3n) is 5.06. The molecule has 0 radical (unpaired) electrons.